The largest absolute Gasteiger partial charge is 0.306 e. The first-order chi connectivity index (χ1) is 7.84. The van der Waals surface area contributed by atoms with E-state index >= 15 is 0 Å². The molecule has 2 aromatic rings. The van der Waals surface area contributed by atoms with Gasteiger partial charge in [-0.15, -0.1) is 0 Å². The molecule has 1 aliphatic heterocycles. The van der Waals surface area contributed by atoms with Crippen LogP contribution in [0.25, 0.3) is 5.65 Å². The Morgan fingerprint density at radius 3 is 3.19 bits per heavy atom. The first-order valence-corrected chi connectivity index (χ1v) is 5.95. The molecule has 2 aromatic heterocycles. The lowest BCUT2D eigenvalue weighted by Gasteiger charge is -2.30. The molecule has 1 aliphatic rings. The highest BCUT2D eigenvalue weighted by atomic mass is 15.1. The third kappa shape index (κ3) is 1.61. The Balaban J connectivity index is 2.01. The van der Waals surface area contributed by atoms with Crippen molar-refractivity contribution in [3.05, 3.63) is 36.3 Å². The number of likely N-dealkylation sites (tertiary alicyclic amines) is 1. The summed E-state index contributed by atoms with van der Waals surface area (Å²) in [7, 11) is 2.21. The van der Waals surface area contributed by atoms with Gasteiger partial charge in [-0.1, -0.05) is 6.07 Å². The van der Waals surface area contributed by atoms with Crippen LogP contribution < -0.4 is 0 Å². The van der Waals surface area contributed by atoms with Crippen LogP contribution in [0, 0.1) is 0 Å². The number of rotatable bonds is 1. The summed E-state index contributed by atoms with van der Waals surface area (Å²) in [6.07, 6.45) is 6.54. The van der Waals surface area contributed by atoms with Crippen LogP contribution >= 0.6 is 0 Å². The minimum absolute atomic E-state index is 0.650. The van der Waals surface area contributed by atoms with E-state index in [0.29, 0.717) is 5.92 Å². The van der Waals surface area contributed by atoms with Crippen LogP contribution in [0.3, 0.4) is 0 Å². The van der Waals surface area contributed by atoms with Crippen molar-refractivity contribution in [2.45, 2.75) is 18.8 Å². The van der Waals surface area contributed by atoms with Crippen LogP contribution in [0.1, 0.15) is 24.5 Å². The quantitative estimate of drug-likeness (QED) is 0.726. The Kier molecular flexibility index (Phi) is 2.40. The zero-order valence-corrected chi connectivity index (χ0v) is 9.63. The fourth-order valence-corrected chi connectivity index (χ4v) is 2.71. The van der Waals surface area contributed by atoms with E-state index < -0.39 is 0 Å². The standard InChI is InChI=1S/C13H17N3/c1-15-8-3-4-11(10-15)12-5-2-6-13-14-7-9-16(12)13/h2,5-7,9,11H,3-4,8,10H2,1H3. The molecule has 0 bridgehead atoms. The maximum absolute atomic E-state index is 4.34. The Morgan fingerprint density at radius 1 is 1.38 bits per heavy atom. The van der Waals surface area contributed by atoms with E-state index in [-0.39, 0.29) is 0 Å². The first-order valence-electron chi connectivity index (χ1n) is 5.95. The van der Waals surface area contributed by atoms with Crippen molar-refractivity contribution in [1.82, 2.24) is 14.3 Å². The van der Waals surface area contributed by atoms with Gasteiger partial charge in [-0.25, -0.2) is 4.98 Å². The summed E-state index contributed by atoms with van der Waals surface area (Å²) in [6.45, 7) is 2.40. The van der Waals surface area contributed by atoms with Gasteiger partial charge in [0.25, 0.3) is 0 Å². The van der Waals surface area contributed by atoms with Crippen molar-refractivity contribution in [3.63, 3.8) is 0 Å². The monoisotopic (exact) mass is 215 g/mol. The normalized spacial score (nSPS) is 22.7. The number of nitrogens with zero attached hydrogens (tertiary/aromatic N) is 3. The van der Waals surface area contributed by atoms with Gasteiger partial charge in [0, 0.05) is 30.6 Å². The van der Waals surface area contributed by atoms with Gasteiger partial charge in [-0.05, 0) is 38.6 Å². The average molecular weight is 215 g/mol. The summed E-state index contributed by atoms with van der Waals surface area (Å²) in [6, 6.07) is 6.42. The molecule has 1 unspecified atom stereocenters. The molecule has 1 fully saturated rings. The van der Waals surface area contributed by atoms with Crippen LogP contribution in [0.15, 0.2) is 30.6 Å². The molecule has 3 rings (SSSR count). The predicted octanol–water partition coefficient (Wildman–Crippen LogP) is 2.14. The molecular formula is C13H17N3. The molecule has 0 aromatic carbocycles. The lowest BCUT2D eigenvalue weighted by Crippen LogP contribution is -2.31. The molecule has 3 nitrogen and oxygen atoms in total. The molecule has 3 heterocycles. The van der Waals surface area contributed by atoms with Crippen LogP contribution in [-0.2, 0) is 0 Å². The number of aromatic nitrogens is 2. The Morgan fingerprint density at radius 2 is 2.31 bits per heavy atom. The zero-order valence-electron chi connectivity index (χ0n) is 9.63. The third-order valence-electron chi connectivity index (χ3n) is 3.50. The van der Waals surface area contributed by atoms with E-state index in [9.17, 15) is 0 Å². The van der Waals surface area contributed by atoms with Gasteiger partial charge in [0.15, 0.2) is 0 Å². The van der Waals surface area contributed by atoms with Crippen LogP contribution in [0.5, 0.6) is 0 Å². The number of imidazole rings is 1. The minimum Gasteiger partial charge on any atom is -0.306 e. The molecule has 0 amide bonds. The average Bonchev–Trinajstić information content (AvgIpc) is 2.76. The van der Waals surface area contributed by atoms with Crippen molar-refractivity contribution < 1.29 is 0 Å². The fraction of sp³-hybridized carbons (Fsp3) is 0.462. The summed E-state index contributed by atoms with van der Waals surface area (Å²) in [5.74, 6) is 0.650. The van der Waals surface area contributed by atoms with Gasteiger partial charge in [0.2, 0.25) is 0 Å². The van der Waals surface area contributed by atoms with E-state index in [0.717, 1.165) is 12.2 Å². The molecule has 16 heavy (non-hydrogen) atoms. The lowest BCUT2D eigenvalue weighted by atomic mass is 9.94. The SMILES string of the molecule is CN1CCCC(c2cccc3nccn23)C1. The highest BCUT2D eigenvalue weighted by Crippen LogP contribution is 2.26. The summed E-state index contributed by atoms with van der Waals surface area (Å²) >= 11 is 0. The summed E-state index contributed by atoms with van der Waals surface area (Å²) < 4.78 is 2.23. The Labute approximate surface area is 95.7 Å². The smallest absolute Gasteiger partial charge is 0.136 e. The molecule has 3 heteroatoms. The molecular weight excluding hydrogens is 198 g/mol. The van der Waals surface area contributed by atoms with E-state index in [1.165, 1.54) is 25.1 Å². The Hall–Kier alpha value is -1.35. The molecule has 0 saturated carbocycles. The summed E-state index contributed by atoms with van der Waals surface area (Å²) in [4.78, 5) is 6.76. The second kappa shape index (κ2) is 3.91. The molecule has 0 spiro atoms. The topological polar surface area (TPSA) is 20.5 Å². The predicted molar refractivity (Wildman–Crippen MR) is 64.7 cm³/mol. The molecule has 1 atom stereocenters. The lowest BCUT2D eigenvalue weighted by molar-refractivity contribution is 0.248. The van der Waals surface area contributed by atoms with Crippen LogP contribution in [-0.4, -0.2) is 34.4 Å². The zero-order chi connectivity index (χ0) is 11.0. The minimum atomic E-state index is 0.650. The molecule has 0 aliphatic carbocycles. The summed E-state index contributed by atoms with van der Waals surface area (Å²) in [5, 5.41) is 0. The number of fused-ring (bicyclic) bond motifs is 1. The van der Waals surface area contributed by atoms with Crippen molar-refractivity contribution in [1.29, 1.82) is 0 Å². The second-order valence-electron chi connectivity index (χ2n) is 4.71. The first kappa shape index (κ1) is 9.85. The number of likely N-dealkylation sites (N-methyl/N-ethyl adjacent to an activating group) is 1. The van der Waals surface area contributed by atoms with E-state index in [4.69, 9.17) is 0 Å². The summed E-state index contributed by atoms with van der Waals surface area (Å²) in [5.41, 5.74) is 2.47. The third-order valence-corrected chi connectivity index (χ3v) is 3.50. The second-order valence-corrected chi connectivity index (χ2v) is 4.71. The van der Waals surface area contributed by atoms with E-state index in [2.05, 4.69) is 45.7 Å². The maximum Gasteiger partial charge on any atom is 0.136 e. The van der Waals surface area contributed by atoms with E-state index in [1.807, 2.05) is 6.20 Å². The van der Waals surface area contributed by atoms with Gasteiger partial charge in [0.1, 0.15) is 5.65 Å². The van der Waals surface area contributed by atoms with Gasteiger partial charge >= 0.3 is 0 Å². The number of hydrogen-bond donors (Lipinski definition) is 0. The van der Waals surface area contributed by atoms with E-state index in [1.54, 1.807) is 0 Å². The number of hydrogen-bond acceptors (Lipinski definition) is 2. The van der Waals surface area contributed by atoms with Crippen LogP contribution in [0.2, 0.25) is 0 Å². The highest BCUT2D eigenvalue weighted by Gasteiger charge is 2.20. The van der Waals surface area contributed by atoms with Crippen molar-refractivity contribution in [3.8, 4) is 0 Å². The number of pyridine rings is 1. The van der Waals surface area contributed by atoms with Crippen LogP contribution in [0.4, 0.5) is 0 Å². The molecule has 0 radical (unpaired) electrons. The maximum atomic E-state index is 4.34. The fourth-order valence-electron chi connectivity index (χ4n) is 2.71. The van der Waals surface area contributed by atoms with Crippen molar-refractivity contribution in [2.24, 2.45) is 0 Å². The van der Waals surface area contributed by atoms with Gasteiger partial charge in [-0.3, -0.25) is 0 Å². The molecule has 0 N–H and O–H groups in total. The molecule has 1 saturated heterocycles. The van der Waals surface area contributed by atoms with Gasteiger partial charge < -0.3 is 9.30 Å². The van der Waals surface area contributed by atoms with Gasteiger partial charge in [0.05, 0.1) is 0 Å². The molecule has 84 valence electrons. The van der Waals surface area contributed by atoms with Gasteiger partial charge in [-0.2, -0.15) is 0 Å². The number of piperidine rings is 1. The van der Waals surface area contributed by atoms with Crippen molar-refractivity contribution in [2.75, 3.05) is 20.1 Å². The Bertz CT molecular complexity index is 489. The highest BCUT2D eigenvalue weighted by molar-refractivity contribution is 5.40. The van der Waals surface area contributed by atoms with Crippen molar-refractivity contribution >= 4 is 5.65 Å².